The quantitative estimate of drug-likeness (QED) is 0.707. The average molecular weight is 445 g/mol. The zero-order valence-corrected chi connectivity index (χ0v) is 15.4. The number of benzene rings is 2. The lowest BCUT2D eigenvalue weighted by Gasteiger charge is -2.12. The van der Waals surface area contributed by atoms with E-state index in [0.29, 0.717) is 33.1 Å². The van der Waals surface area contributed by atoms with E-state index in [4.69, 9.17) is 22.1 Å². The van der Waals surface area contributed by atoms with E-state index in [1.165, 1.54) is 7.11 Å². The van der Waals surface area contributed by atoms with Crippen molar-refractivity contribution in [2.45, 2.75) is 6.92 Å². The van der Waals surface area contributed by atoms with Gasteiger partial charge in [-0.3, -0.25) is 9.59 Å². The number of carbonyl (C=O) groups excluding carboxylic acids is 2. The number of rotatable bonds is 4. The monoisotopic (exact) mass is 444 g/mol. The summed E-state index contributed by atoms with van der Waals surface area (Å²) in [5, 5.41) is 3.22. The lowest BCUT2D eigenvalue weighted by Crippen LogP contribution is -2.15. The minimum atomic E-state index is -0.508. The van der Waals surface area contributed by atoms with E-state index in [0.717, 1.165) is 3.57 Å². The molecule has 0 aromatic heterocycles. The number of halogens is 2. The van der Waals surface area contributed by atoms with Crippen LogP contribution in [0, 0.1) is 10.5 Å². The van der Waals surface area contributed by atoms with Gasteiger partial charge in [0.15, 0.2) is 0 Å². The molecule has 0 aliphatic heterocycles. The third-order valence-corrected chi connectivity index (χ3v) is 4.76. The number of aryl methyl sites for hydroxylation is 1. The average Bonchev–Trinajstić information content (AvgIpc) is 2.49. The molecule has 120 valence electrons. The summed E-state index contributed by atoms with van der Waals surface area (Å²) in [6.07, 6.45) is 0. The minimum Gasteiger partial charge on any atom is -0.496 e. The van der Waals surface area contributed by atoms with Crippen molar-refractivity contribution < 1.29 is 14.3 Å². The van der Waals surface area contributed by atoms with Crippen molar-refractivity contribution in [2.75, 3.05) is 12.4 Å². The Morgan fingerprint density at radius 2 is 1.91 bits per heavy atom. The molecule has 0 aliphatic rings. The van der Waals surface area contributed by atoms with Crippen LogP contribution in [0.4, 0.5) is 5.69 Å². The van der Waals surface area contributed by atoms with Crippen LogP contribution in [0.1, 0.15) is 26.3 Å². The molecule has 0 saturated carbocycles. The van der Waals surface area contributed by atoms with Crippen LogP contribution in [0.5, 0.6) is 5.75 Å². The molecule has 3 N–H and O–H groups in total. The van der Waals surface area contributed by atoms with Crippen LogP contribution < -0.4 is 15.8 Å². The number of anilines is 1. The molecule has 2 aromatic rings. The summed E-state index contributed by atoms with van der Waals surface area (Å²) in [4.78, 5) is 23.7. The van der Waals surface area contributed by atoms with Gasteiger partial charge < -0.3 is 15.8 Å². The molecule has 23 heavy (non-hydrogen) atoms. The number of nitrogens with one attached hydrogen (secondary N) is 1. The summed E-state index contributed by atoms with van der Waals surface area (Å²) in [6.45, 7) is 1.75. The van der Waals surface area contributed by atoms with Crippen LogP contribution in [-0.2, 0) is 0 Å². The second kappa shape index (κ2) is 7.18. The fourth-order valence-corrected chi connectivity index (χ4v) is 2.69. The summed E-state index contributed by atoms with van der Waals surface area (Å²) in [5.41, 5.74) is 7.24. The molecule has 0 fully saturated rings. The van der Waals surface area contributed by atoms with Gasteiger partial charge in [-0.25, -0.2) is 0 Å². The number of nitrogens with two attached hydrogens (primary N) is 1. The molecule has 2 aromatic carbocycles. The lowest BCUT2D eigenvalue weighted by atomic mass is 10.1. The van der Waals surface area contributed by atoms with Crippen molar-refractivity contribution in [3.05, 3.63) is 55.6 Å². The van der Waals surface area contributed by atoms with Crippen molar-refractivity contribution in [3.63, 3.8) is 0 Å². The van der Waals surface area contributed by atoms with E-state index < -0.39 is 5.91 Å². The molecule has 0 bridgehead atoms. The van der Waals surface area contributed by atoms with E-state index in [-0.39, 0.29) is 5.91 Å². The van der Waals surface area contributed by atoms with Gasteiger partial charge >= 0.3 is 0 Å². The Balaban J connectivity index is 2.31. The van der Waals surface area contributed by atoms with Gasteiger partial charge in [0.1, 0.15) is 5.75 Å². The number of hydrogen-bond acceptors (Lipinski definition) is 3. The molecular formula is C16H14ClIN2O3. The van der Waals surface area contributed by atoms with Gasteiger partial charge in [-0.15, -0.1) is 0 Å². The molecule has 0 radical (unpaired) electrons. The first-order valence-corrected chi connectivity index (χ1v) is 8.04. The van der Waals surface area contributed by atoms with Crippen molar-refractivity contribution in [1.29, 1.82) is 0 Å². The van der Waals surface area contributed by atoms with Crippen molar-refractivity contribution in [2.24, 2.45) is 5.73 Å². The number of primary amides is 1. The molecule has 0 spiro atoms. The standard InChI is InChI=1S/C16H14ClIN2O3/c1-8-5-9(3-4-10(8)15(19)21)20-16(22)11-6-12(17)13(18)7-14(11)23-2/h3-7H,1-2H3,(H2,19,21)(H,20,22). The first kappa shape index (κ1) is 17.6. The van der Waals surface area contributed by atoms with Crippen LogP contribution in [0.2, 0.25) is 5.02 Å². The van der Waals surface area contributed by atoms with Crippen LogP contribution >= 0.6 is 34.2 Å². The Morgan fingerprint density at radius 3 is 2.48 bits per heavy atom. The van der Waals surface area contributed by atoms with E-state index >= 15 is 0 Å². The van der Waals surface area contributed by atoms with Crippen LogP contribution in [0.15, 0.2) is 30.3 Å². The first-order valence-electron chi connectivity index (χ1n) is 6.58. The Labute approximate surface area is 152 Å². The third kappa shape index (κ3) is 3.94. The summed E-state index contributed by atoms with van der Waals surface area (Å²) >= 11 is 8.14. The van der Waals surface area contributed by atoms with Crippen LogP contribution in [0.25, 0.3) is 0 Å². The van der Waals surface area contributed by atoms with Gasteiger partial charge in [0, 0.05) is 14.8 Å². The molecule has 2 rings (SSSR count). The van der Waals surface area contributed by atoms with Gasteiger partial charge in [-0.05, 0) is 65.4 Å². The van der Waals surface area contributed by atoms with Gasteiger partial charge in [0.25, 0.3) is 5.91 Å². The van der Waals surface area contributed by atoms with Gasteiger partial charge in [-0.2, -0.15) is 0 Å². The number of hydrogen-bond donors (Lipinski definition) is 2. The topological polar surface area (TPSA) is 81.4 Å². The maximum atomic E-state index is 12.4. The van der Waals surface area contributed by atoms with Crippen LogP contribution in [0.3, 0.4) is 0 Å². The Morgan fingerprint density at radius 1 is 1.22 bits per heavy atom. The Bertz CT molecular complexity index is 793. The summed E-state index contributed by atoms with van der Waals surface area (Å²) in [6, 6.07) is 8.12. The smallest absolute Gasteiger partial charge is 0.259 e. The first-order chi connectivity index (χ1) is 10.8. The van der Waals surface area contributed by atoms with Gasteiger partial charge in [0.2, 0.25) is 5.91 Å². The molecule has 0 heterocycles. The number of carbonyl (C=O) groups is 2. The molecule has 0 unspecified atom stereocenters. The molecule has 0 aliphatic carbocycles. The van der Waals surface area contributed by atoms with E-state index in [1.54, 1.807) is 37.3 Å². The highest BCUT2D eigenvalue weighted by Gasteiger charge is 2.16. The fraction of sp³-hybridized carbons (Fsp3) is 0.125. The SMILES string of the molecule is COc1cc(I)c(Cl)cc1C(=O)Nc1ccc(C(N)=O)c(C)c1. The van der Waals surface area contributed by atoms with Gasteiger partial charge in [-0.1, -0.05) is 11.6 Å². The maximum Gasteiger partial charge on any atom is 0.259 e. The van der Waals surface area contributed by atoms with Gasteiger partial charge in [0.05, 0.1) is 17.7 Å². The summed E-state index contributed by atoms with van der Waals surface area (Å²) in [7, 11) is 1.49. The van der Waals surface area contributed by atoms with E-state index in [2.05, 4.69) is 27.9 Å². The second-order valence-corrected chi connectivity index (χ2v) is 6.38. The van der Waals surface area contributed by atoms with E-state index in [9.17, 15) is 9.59 Å². The highest BCUT2D eigenvalue weighted by atomic mass is 127. The number of amides is 2. The predicted octanol–water partition coefficient (Wildman–Crippen LogP) is 3.61. The largest absolute Gasteiger partial charge is 0.496 e. The molecule has 7 heteroatoms. The minimum absolute atomic E-state index is 0.328. The highest BCUT2D eigenvalue weighted by Crippen LogP contribution is 2.29. The van der Waals surface area contributed by atoms with Crippen molar-refractivity contribution in [1.82, 2.24) is 0 Å². The molecule has 5 nitrogen and oxygen atoms in total. The lowest BCUT2D eigenvalue weighted by molar-refractivity contribution is 0.0997. The highest BCUT2D eigenvalue weighted by molar-refractivity contribution is 14.1. The normalized spacial score (nSPS) is 10.3. The van der Waals surface area contributed by atoms with Crippen LogP contribution in [-0.4, -0.2) is 18.9 Å². The zero-order valence-electron chi connectivity index (χ0n) is 12.4. The molecule has 0 atom stereocenters. The number of ether oxygens (including phenoxy) is 1. The van der Waals surface area contributed by atoms with Crippen molar-refractivity contribution in [3.8, 4) is 5.75 Å². The molecule has 2 amide bonds. The maximum absolute atomic E-state index is 12.4. The Kier molecular flexibility index (Phi) is 5.48. The fourth-order valence-electron chi connectivity index (χ4n) is 2.09. The zero-order chi connectivity index (χ0) is 17.1. The molecule has 0 saturated heterocycles. The predicted molar refractivity (Wildman–Crippen MR) is 98.4 cm³/mol. The molecular weight excluding hydrogens is 431 g/mol. The number of methoxy groups -OCH3 is 1. The van der Waals surface area contributed by atoms with E-state index in [1.807, 2.05) is 0 Å². The Hall–Kier alpha value is -1.80. The second-order valence-electron chi connectivity index (χ2n) is 4.81. The summed E-state index contributed by atoms with van der Waals surface area (Å²) in [5.74, 6) is -0.431. The third-order valence-electron chi connectivity index (χ3n) is 3.24. The summed E-state index contributed by atoms with van der Waals surface area (Å²) < 4.78 is 6.02. The van der Waals surface area contributed by atoms with Crippen molar-refractivity contribution >= 4 is 51.7 Å².